The van der Waals surface area contributed by atoms with Crippen molar-refractivity contribution in [1.29, 1.82) is 0 Å². The molecular weight excluding hydrogens is 528 g/mol. The second kappa shape index (κ2) is 10.9. The van der Waals surface area contributed by atoms with E-state index in [1.165, 1.54) is 30.3 Å². The van der Waals surface area contributed by atoms with Gasteiger partial charge in [-0.2, -0.15) is 0 Å². The average molecular weight is 544 g/mol. The topological polar surface area (TPSA) is 127 Å². The number of hydrogen-bond donors (Lipinski definition) is 2. The average Bonchev–Trinajstić information content (AvgIpc) is 2.75. The highest BCUT2D eigenvalue weighted by molar-refractivity contribution is 9.06. The third-order valence-corrected chi connectivity index (χ3v) is 5.13. The Morgan fingerprint density at radius 3 is 1.70 bits per heavy atom. The number of para-hydroxylation sites is 2. The van der Waals surface area contributed by atoms with Crippen molar-refractivity contribution in [1.82, 2.24) is 0 Å². The van der Waals surface area contributed by atoms with Gasteiger partial charge in [0.15, 0.2) is 44.1 Å². The van der Waals surface area contributed by atoms with Crippen molar-refractivity contribution in [2.24, 2.45) is 11.8 Å². The van der Waals surface area contributed by atoms with Crippen LogP contribution in [0.2, 0.25) is 0 Å². The van der Waals surface area contributed by atoms with Gasteiger partial charge in [0, 0.05) is 12.3 Å². The Balaban J connectivity index is 2.55. The predicted molar refractivity (Wildman–Crippen MR) is 112 cm³/mol. The molecule has 2 unspecified atom stereocenters. The van der Waals surface area contributed by atoms with E-state index in [4.69, 9.17) is 12.8 Å². The number of rotatable bonds is 11. The molecule has 0 saturated carbocycles. The van der Waals surface area contributed by atoms with Gasteiger partial charge in [-0.15, -0.1) is 0 Å². The fourth-order valence-electron chi connectivity index (χ4n) is 3.04. The normalized spacial score (nSPS) is 12.5. The molecule has 30 heavy (non-hydrogen) atoms. The van der Waals surface area contributed by atoms with Crippen LogP contribution in [0.4, 0.5) is 0 Å². The van der Waals surface area contributed by atoms with Gasteiger partial charge in [-0.1, -0.05) is 24.3 Å². The zero-order valence-electron chi connectivity index (χ0n) is 15.3. The molecule has 0 spiro atoms. The third kappa shape index (κ3) is 5.45. The van der Waals surface area contributed by atoms with E-state index in [-0.39, 0.29) is 29.0 Å². The maximum Gasteiger partial charge on any atom is 0.315 e. The summed E-state index contributed by atoms with van der Waals surface area (Å²) in [6, 6.07) is 11.9. The molecular formula is C20H16Br2O8. The fraction of sp³-hybridized carbons (Fsp3) is 0.200. The van der Waals surface area contributed by atoms with Gasteiger partial charge >= 0.3 is 11.9 Å². The smallest absolute Gasteiger partial charge is 0.315 e. The van der Waals surface area contributed by atoms with Crippen LogP contribution in [0.25, 0.3) is 0 Å². The van der Waals surface area contributed by atoms with Crippen LogP contribution in [0.15, 0.2) is 48.5 Å². The highest BCUT2D eigenvalue weighted by Gasteiger charge is 2.41. The van der Waals surface area contributed by atoms with Crippen molar-refractivity contribution in [3.8, 4) is 11.5 Å². The molecule has 2 aromatic rings. The standard InChI is InChI=1S/C20H16Br2O8/c21-29-14-7-3-1-5-11(14)18(25)13(9-10-16(23)24)17(20(27)28)19(26)12-6-2-4-8-15(12)30-22/h1-8,13,17H,9-10H2,(H,23,24)(H,27,28). The first-order chi connectivity index (χ1) is 14.3. The van der Waals surface area contributed by atoms with Crippen LogP contribution < -0.4 is 7.66 Å². The molecule has 2 rings (SSSR count). The SMILES string of the molecule is O=C(O)CCC(C(=O)c1ccccc1OBr)C(C(=O)O)C(=O)c1ccccc1OBr. The number of ketones is 2. The number of carbonyl (C=O) groups is 4. The molecule has 0 aliphatic carbocycles. The van der Waals surface area contributed by atoms with Crippen LogP contribution in [-0.2, 0) is 9.59 Å². The molecule has 2 N–H and O–H groups in total. The second-order valence-corrected chi connectivity index (χ2v) is 6.88. The molecule has 0 saturated heterocycles. The first-order valence-corrected chi connectivity index (χ1v) is 9.89. The molecule has 158 valence electrons. The molecule has 2 aromatic carbocycles. The number of carboxylic acid groups (broad SMARTS) is 2. The van der Waals surface area contributed by atoms with Crippen LogP contribution >= 0.6 is 32.5 Å². The first kappa shape index (κ1) is 23.6. The molecule has 10 heteroatoms. The molecule has 0 aliphatic heterocycles. The summed E-state index contributed by atoms with van der Waals surface area (Å²) in [6.07, 6.45) is -0.855. The van der Waals surface area contributed by atoms with Gasteiger partial charge in [0.1, 0.15) is 17.4 Å². The molecule has 0 bridgehead atoms. The van der Waals surface area contributed by atoms with Crippen molar-refractivity contribution in [3.63, 3.8) is 0 Å². The molecule has 8 nitrogen and oxygen atoms in total. The molecule has 0 radical (unpaired) electrons. The Morgan fingerprint density at radius 1 is 0.800 bits per heavy atom. The summed E-state index contributed by atoms with van der Waals surface area (Å²) in [7, 11) is 0. The van der Waals surface area contributed by atoms with E-state index in [0.29, 0.717) is 0 Å². The lowest BCUT2D eigenvalue weighted by Gasteiger charge is -2.23. The van der Waals surface area contributed by atoms with Gasteiger partial charge in [0.2, 0.25) is 0 Å². The van der Waals surface area contributed by atoms with Crippen LogP contribution in [0.5, 0.6) is 11.5 Å². The monoisotopic (exact) mass is 542 g/mol. The fourth-order valence-corrected chi connectivity index (χ4v) is 3.60. The quantitative estimate of drug-likeness (QED) is 0.317. The lowest BCUT2D eigenvalue weighted by molar-refractivity contribution is -0.142. The number of Topliss-reactive ketones (excluding diaryl/α,β-unsaturated/α-hetero) is 2. The maximum absolute atomic E-state index is 13.2. The zero-order valence-corrected chi connectivity index (χ0v) is 18.5. The molecule has 0 aromatic heterocycles. The zero-order chi connectivity index (χ0) is 22.3. The van der Waals surface area contributed by atoms with E-state index in [9.17, 15) is 24.3 Å². The summed E-state index contributed by atoms with van der Waals surface area (Å²) < 4.78 is 9.93. The highest BCUT2D eigenvalue weighted by Crippen LogP contribution is 2.33. The molecule has 0 amide bonds. The summed E-state index contributed by atoms with van der Waals surface area (Å²) in [4.78, 5) is 49.5. The third-order valence-electron chi connectivity index (χ3n) is 4.43. The minimum atomic E-state index is -1.83. The van der Waals surface area contributed by atoms with E-state index in [1.807, 2.05) is 0 Å². The lowest BCUT2D eigenvalue weighted by Crippen LogP contribution is -2.36. The summed E-state index contributed by atoms with van der Waals surface area (Å²) in [5.41, 5.74) is -0.0335. The van der Waals surface area contributed by atoms with Crippen molar-refractivity contribution >= 4 is 56.0 Å². The van der Waals surface area contributed by atoms with E-state index in [1.54, 1.807) is 18.2 Å². The second-order valence-electron chi connectivity index (χ2n) is 6.23. The van der Waals surface area contributed by atoms with Crippen molar-refractivity contribution in [2.75, 3.05) is 0 Å². The van der Waals surface area contributed by atoms with Crippen LogP contribution in [-0.4, -0.2) is 33.7 Å². The van der Waals surface area contributed by atoms with Crippen molar-refractivity contribution in [3.05, 3.63) is 59.7 Å². The number of carboxylic acids is 2. The van der Waals surface area contributed by atoms with Crippen molar-refractivity contribution < 1.29 is 37.0 Å². The van der Waals surface area contributed by atoms with Crippen LogP contribution in [0, 0.1) is 11.8 Å². The van der Waals surface area contributed by atoms with Crippen molar-refractivity contribution in [2.45, 2.75) is 12.8 Å². The number of carbonyl (C=O) groups excluding carboxylic acids is 2. The van der Waals surface area contributed by atoms with Crippen LogP contribution in [0.3, 0.4) is 0 Å². The molecule has 0 heterocycles. The lowest BCUT2D eigenvalue weighted by atomic mass is 9.78. The van der Waals surface area contributed by atoms with E-state index >= 15 is 0 Å². The number of aliphatic carboxylic acids is 2. The Hall–Kier alpha value is -2.72. The van der Waals surface area contributed by atoms with Gasteiger partial charge in [-0.3, -0.25) is 19.2 Å². The Labute approximate surface area is 188 Å². The predicted octanol–water partition coefficient (Wildman–Crippen LogP) is 4.31. The number of halogens is 2. The Bertz CT molecular complexity index is 959. The van der Waals surface area contributed by atoms with E-state index in [0.717, 1.165) is 0 Å². The van der Waals surface area contributed by atoms with Gasteiger partial charge in [-0.05, 0) is 30.7 Å². The summed E-state index contributed by atoms with van der Waals surface area (Å²) in [6.45, 7) is 0. The van der Waals surface area contributed by atoms with Gasteiger partial charge in [0.05, 0.1) is 11.1 Å². The number of benzene rings is 2. The Kier molecular flexibility index (Phi) is 8.55. The van der Waals surface area contributed by atoms with Crippen LogP contribution in [0.1, 0.15) is 33.6 Å². The summed E-state index contributed by atoms with van der Waals surface area (Å²) in [5, 5.41) is 18.9. The number of hydrogen-bond acceptors (Lipinski definition) is 6. The van der Waals surface area contributed by atoms with Gasteiger partial charge in [0.25, 0.3) is 0 Å². The van der Waals surface area contributed by atoms with E-state index < -0.39 is 41.8 Å². The minimum absolute atomic E-state index is 0.0221. The molecule has 2 atom stereocenters. The Morgan fingerprint density at radius 2 is 1.27 bits per heavy atom. The molecule has 0 aliphatic rings. The van der Waals surface area contributed by atoms with Gasteiger partial charge in [-0.25, -0.2) is 0 Å². The first-order valence-electron chi connectivity index (χ1n) is 8.60. The maximum atomic E-state index is 13.2. The molecule has 0 fully saturated rings. The summed E-state index contributed by atoms with van der Waals surface area (Å²) in [5.74, 6) is -7.46. The largest absolute Gasteiger partial charge is 0.481 e. The highest BCUT2D eigenvalue weighted by atomic mass is 79.9. The van der Waals surface area contributed by atoms with E-state index in [2.05, 4.69) is 32.5 Å². The summed E-state index contributed by atoms with van der Waals surface area (Å²) >= 11 is 5.56. The van der Waals surface area contributed by atoms with Gasteiger partial charge < -0.3 is 17.9 Å². The minimum Gasteiger partial charge on any atom is -0.481 e.